The highest BCUT2D eigenvalue weighted by Gasteiger charge is 2.33. The molecule has 2 heterocycles. The summed E-state index contributed by atoms with van der Waals surface area (Å²) in [6.07, 6.45) is 2.64. The Kier molecular flexibility index (Phi) is 5.63. The number of likely N-dealkylation sites (tertiary alicyclic amines) is 1. The average Bonchev–Trinajstić information content (AvgIpc) is 2.99. The maximum atomic E-state index is 12.8. The van der Waals surface area contributed by atoms with E-state index >= 15 is 0 Å². The Morgan fingerprint density at radius 3 is 2.44 bits per heavy atom. The summed E-state index contributed by atoms with van der Waals surface area (Å²) in [6.45, 7) is 8.39. The first-order valence-electron chi connectivity index (χ1n) is 9.62. The summed E-state index contributed by atoms with van der Waals surface area (Å²) in [5, 5.41) is 7.45. The van der Waals surface area contributed by atoms with Gasteiger partial charge in [0.25, 0.3) is 0 Å². The van der Waals surface area contributed by atoms with Crippen molar-refractivity contribution in [2.75, 3.05) is 11.9 Å². The van der Waals surface area contributed by atoms with Crippen molar-refractivity contribution in [3.8, 4) is 5.69 Å². The van der Waals surface area contributed by atoms with Crippen LogP contribution in [-0.4, -0.2) is 39.1 Å². The molecule has 27 heavy (non-hydrogen) atoms. The first-order chi connectivity index (χ1) is 12.9. The van der Waals surface area contributed by atoms with Crippen LogP contribution >= 0.6 is 0 Å². The second kappa shape index (κ2) is 7.94. The van der Waals surface area contributed by atoms with Crippen molar-refractivity contribution in [2.45, 2.75) is 53.0 Å². The summed E-state index contributed by atoms with van der Waals surface area (Å²) in [6, 6.07) is 9.27. The number of aryl methyl sites for hydroxylation is 2. The van der Waals surface area contributed by atoms with Gasteiger partial charge in [-0.05, 0) is 63.4 Å². The normalized spacial score (nSPS) is 17.2. The zero-order chi connectivity index (χ0) is 19.6. The minimum absolute atomic E-state index is 0.0507. The lowest BCUT2D eigenvalue weighted by molar-refractivity contribution is -0.142. The maximum absolute atomic E-state index is 12.8. The largest absolute Gasteiger partial charge is 0.330 e. The van der Waals surface area contributed by atoms with Crippen molar-refractivity contribution in [3.05, 3.63) is 41.7 Å². The number of carbonyl (C=O) groups is 2. The van der Waals surface area contributed by atoms with E-state index in [1.807, 2.05) is 62.7 Å². The number of nitrogens with zero attached hydrogens (tertiary/aromatic N) is 3. The Balaban J connectivity index is 1.71. The highest BCUT2D eigenvalue weighted by molar-refractivity contribution is 5.97. The number of rotatable bonds is 4. The van der Waals surface area contributed by atoms with Gasteiger partial charge in [0.05, 0.1) is 11.4 Å². The fraction of sp³-hybridized carbons (Fsp3) is 0.476. The number of benzene rings is 1. The third-order valence-corrected chi connectivity index (χ3v) is 4.97. The number of piperidine rings is 1. The van der Waals surface area contributed by atoms with E-state index < -0.39 is 0 Å². The second-order valence-electron chi connectivity index (χ2n) is 7.57. The zero-order valence-electron chi connectivity index (χ0n) is 16.5. The molecule has 144 valence electrons. The molecule has 0 spiro atoms. The van der Waals surface area contributed by atoms with E-state index in [1.165, 1.54) is 0 Å². The molecule has 6 heteroatoms. The van der Waals surface area contributed by atoms with Crippen LogP contribution in [0.2, 0.25) is 0 Å². The first-order valence-corrected chi connectivity index (χ1v) is 9.62. The monoisotopic (exact) mass is 368 g/mol. The van der Waals surface area contributed by atoms with Crippen LogP contribution in [0.5, 0.6) is 0 Å². The van der Waals surface area contributed by atoms with Gasteiger partial charge in [0, 0.05) is 23.8 Å². The lowest BCUT2D eigenvalue weighted by Crippen LogP contribution is -2.51. The lowest BCUT2D eigenvalue weighted by atomic mass is 9.99. The van der Waals surface area contributed by atoms with Gasteiger partial charge in [-0.2, -0.15) is 5.10 Å². The molecule has 3 rings (SSSR count). The predicted octanol–water partition coefficient (Wildman–Crippen LogP) is 3.46. The molecule has 1 N–H and O–H groups in total. The third-order valence-electron chi connectivity index (χ3n) is 4.97. The van der Waals surface area contributed by atoms with Crippen molar-refractivity contribution < 1.29 is 9.59 Å². The number of carbonyl (C=O) groups excluding carboxylic acids is 2. The van der Waals surface area contributed by atoms with Crippen LogP contribution in [0.1, 0.15) is 44.5 Å². The summed E-state index contributed by atoms with van der Waals surface area (Å²) in [5.74, 6) is -0.157. The highest BCUT2D eigenvalue weighted by Crippen LogP contribution is 2.22. The van der Waals surface area contributed by atoms with Gasteiger partial charge < -0.3 is 10.2 Å². The molecule has 1 aliphatic rings. The predicted molar refractivity (Wildman–Crippen MR) is 106 cm³/mol. The molecule has 1 aromatic carbocycles. The minimum Gasteiger partial charge on any atom is -0.330 e. The van der Waals surface area contributed by atoms with Crippen LogP contribution in [0.15, 0.2) is 30.3 Å². The Morgan fingerprint density at radius 2 is 1.85 bits per heavy atom. The smallest absolute Gasteiger partial charge is 0.247 e. The number of hydrogen-bond acceptors (Lipinski definition) is 3. The maximum Gasteiger partial charge on any atom is 0.247 e. The van der Waals surface area contributed by atoms with Gasteiger partial charge in [-0.1, -0.05) is 13.8 Å². The van der Waals surface area contributed by atoms with Crippen LogP contribution in [0.4, 0.5) is 5.69 Å². The van der Waals surface area contributed by atoms with Crippen LogP contribution < -0.4 is 5.32 Å². The number of hydrogen-bond donors (Lipinski definition) is 1. The van der Waals surface area contributed by atoms with E-state index in [-0.39, 0.29) is 23.8 Å². The van der Waals surface area contributed by atoms with E-state index in [9.17, 15) is 9.59 Å². The molecule has 6 nitrogen and oxygen atoms in total. The van der Waals surface area contributed by atoms with Crippen molar-refractivity contribution in [3.63, 3.8) is 0 Å². The lowest BCUT2D eigenvalue weighted by Gasteiger charge is -2.35. The van der Waals surface area contributed by atoms with Gasteiger partial charge in [-0.15, -0.1) is 0 Å². The molecule has 0 bridgehead atoms. The molecular formula is C21H28N4O2. The first kappa shape index (κ1) is 19.1. The number of anilines is 1. The Hall–Kier alpha value is -2.63. The molecule has 2 aromatic rings. The molecule has 1 aromatic heterocycles. The summed E-state index contributed by atoms with van der Waals surface area (Å²) < 4.78 is 1.88. The second-order valence-corrected chi connectivity index (χ2v) is 7.57. The topological polar surface area (TPSA) is 67.2 Å². The van der Waals surface area contributed by atoms with E-state index in [0.717, 1.165) is 35.6 Å². The van der Waals surface area contributed by atoms with Gasteiger partial charge in [0.1, 0.15) is 6.04 Å². The van der Waals surface area contributed by atoms with Crippen LogP contribution in [0.25, 0.3) is 5.69 Å². The van der Waals surface area contributed by atoms with Crippen LogP contribution in [0, 0.1) is 19.8 Å². The standard InChI is InChI=1S/C21H28N4O2/c1-14(2)21(27)24-12-6-5-7-19(24)20(26)22-17-8-10-18(11-9-17)25-16(4)13-15(3)23-25/h8-11,13-14,19H,5-7,12H2,1-4H3,(H,22,26). The number of aromatic nitrogens is 2. The molecular weight excluding hydrogens is 340 g/mol. The number of nitrogens with one attached hydrogen (secondary N) is 1. The molecule has 1 saturated heterocycles. The molecule has 1 unspecified atom stereocenters. The van der Waals surface area contributed by atoms with Gasteiger partial charge in [-0.25, -0.2) is 4.68 Å². The molecule has 1 aliphatic heterocycles. The fourth-order valence-electron chi connectivity index (χ4n) is 3.60. The average molecular weight is 368 g/mol. The summed E-state index contributed by atoms with van der Waals surface area (Å²) in [4.78, 5) is 27.0. The SMILES string of the molecule is Cc1cc(C)n(-c2ccc(NC(=O)C3CCCCN3C(=O)C(C)C)cc2)n1. The van der Waals surface area contributed by atoms with Crippen molar-refractivity contribution in [1.82, 2.24) is 14.7 Å². The van der Waals surface area contributed by atoms with Crippen LogP contribution in [0.3, 0.4) is 0 Å². The summed E-state index contributed by atoms with van der Waals surface area (Å²) in [7, 11) is 0. The molecule has 0 saturated carbocycles. The minimum atomic E-state index is -0.385. The van der Waals surface area contributed by atoms with Gasteiger partial charge >= 0.3 is 0 Å². The fourth-order valence-corrected chi connectivity index (χ4v) is 3.60. The van der Waals surface area contributed by atoms with Gasteiger partial charge in [0.15, 0.2) is 0 Å². The van der Waals surface area contributed by atoms with Crippen molar-refractivity contribution in [2.24, 2.45) is 5.92 Å². The van der Waals surface area contributed by atoms with E-state index in [1.54, 1.807) is 4.90 Å². The Labute approximate surface area is 160 Å². The molecule has 2 amide bonds. The summed E-state index contributed by atoms with van der Waals surface area (Å²) >= 11 is 0. The van der Waals surface area contributed by atoms with E-state index in [2.05, 4.69) is 10.4 Å². The molecule has 0 radical (unpaired) electrons. The molecule has 0 aliphatic carbocycles. The Bertz CT molecular complexity index is 823. The molecule has 1 atom stereocenters. The highest BCUT2D eigenvalue weighted by atomic mass is 16.2. The van der Waals surface area contributed by atoms with Crippen LogP contribution in [-0.2, 0) is 9.59 Å². The third kappa shape index (κ3) is 4.21. The van der Waals surface area contributed by atoms with Gasteiger partial charge in [-0.3, -0.25) is 9.59 Å². The zero-order valence-corrected chi connectivity index (χ0v) is 16.5. The van der Waals surface area contributed by atoms with E-state index in [4.69, 9.17) is 0 Å². The Morgan fingerprint density at radius 1 is 1.15 bits per heavy atom. The summed E-state index contributed by atoms with van der Waals surface area (Å²) in [5.41, 5.74) is 3.71. The van der Waals surface area contributed by atoms with Gasteiger partial charge in [0.2, 0.25) is 11.8 Å². The van der Waals surface area contributed by atoms with E-state index in [0.29, 0.717) is 13.0 Å². The van der Waals surface area contributed by atoms with Crippen molar-refractivity contribution >= 4 is 17.5 Å². The molecule has 1 fully saturated rings. The number of amides is 2. The van der Waals surface area contributed by atoms with Crippen molar-refractivity contribution in [1.29, 1.82) is 0 Å². The quantitative estimate of drug-likeness (QED) is 0.899.